The second kappa shape index (κ2) is 3.11. The van der Waals surface area contributed by atoms with Crippen molar-refractivity contribution in [3.63, 3.8) is 0 Å². The maximum absolute atomic E-state index is 4.52. The minimum atomic E-state index is 0.291. The van der Waals surface area contributed by atoms with E-state index in [2.05, 4.69) is 54.2 Å². The van der Waals surface area contributed by atoms with Crippen molar-refractivity contribution in [1.82, 2.24) is 5.01 Å². The molecule has 0 fully saturated rings. The summed E-state index contributed by atoms with van der Waals surface area (Å²) in [6.07, 6.45) is 4.52. The Morgan fingerprint density at radius 1 is 1.25 bits per heavy atom. The van der Waals surface area contributed by atoms with Gasteiger partial charge in [0.2, 0.25) is 0 Å². The second-order valence-corrected chi connectivity index (χ2v) is 4.38. The molecule has 1 atom stereocenters. The van der Waals surface area contributed by atoms with Crippen LogP contribution in [-0.2, 0) is 0 Å². The van der Waals surface area contributed by atoms with Crippen LogP contribution in [0.2, 0.25) is 0 Å². The van der Waals surface area contributed by atoms with Gasteiger partial charge in [0.05, 0.1) is 5.69 Å². The molecular weight excluding hydrogens is 198 g/mol. The highest BCUT2D eigenvalue weighted by molar-refractivity contribution is 6.13. The largest absolute Gasteiger partial charge is 0.302 e. The van der Waals surface area contributed by atoms with E-state index < -0.39 is 0 Å². The fraction of sp³-hybridized carbons (Fsp3) is 0.308. The van der Waals surface area contributed by atoms with Crippen LogP contribution in [0.4, 0.5) is 5.69 Å². The molecule has 0 saturated carbocycles. The van der Waals surface area contributed by atoms with E-state index in [0.29, 0.717) is 6.17 Å². The first-order chi connectivity index (χ1) is 7.68. The number of aryl methyl sites for hydroxylation is 1. The predicted molar refractivity (Wildman–Crippen MR) is 67.4 cm³/mol. The Morgan fingerprint density at radius 2 is 2.06 bits per heavy atom. The number of hydrazone groups is 1. The summed E-state index contributed by atoms with van der Waals surface area (Å²) in [5.74, 6) is 1.04. The molecule has 1 aromatic carbocycles. The molecule has 0 bridgehead atoms. The van der Waals surface area contributed by atoms with E-state index in [1.54, 1.807) is 0 Å². The van der Waals surface area contributed by atoms with E-state index in [1.807, 2.05) is 12.1 Å². The smallest absolute Gasteiger partial charge is 0.154 e. The summed E-state index contributed by atoms with van der Waals surface area (Å²) >= 11 is 0. The minimum absolute atomic E-state index is 0.291. The van der Waals surface area contributed by atoms with E-state index >= 15 is 0 Å². The van der Waals surface area contributed by atoms with Crippen molar-refractivity contribution in [3.05, 3.63) is 35.4 Å². The maximum atomic E-state index is 4.52. The van der Waals surface area contributed by atoms with Gasteiger partial charge in [0.25, 0.3) is 0 Å². The summed E-state index contributed by atoms with van der Waals surface area (Å²) < 4.78 is 0. The Balaban J connectivity index is 2.21. The molecule has 0 N–H and O–H groups in total. The standard InChI is InChI=1S/C13H15N3/c1-9-5-4-6-11-7-8-12-14-15(3)10(2)16(12)13(9)11/h4-8,10H,1-3H3. The zero-order valence-electron chi connectivity index (χ0n) is 9.81. The minimum Gasteiger partial charge on any atom is -0.302 e. The fourth-order valence-corrected chi connectivity index (χ4v) is 2.38. The zero-order valence-corrected chi connectivity index (χ0v) is 9.81. The number of hydrogen-bond acceptors (Lipinski definition) is 3. The van der Waals surface area contributed by atoms with Crippen LogP contribution >= 0.6 is 0 Å². The van der Waals surface area contributed by atoms with Gasteiger partial charge in [-0.25, -0.2) is 0 Å². The molecule has 0 aromatic heterocycles. The summed E-state index contributed by atoms with van der Waals surface area (Å²) in [5, 5.41) is 6.52. The number of hydrogen-bond donors (Lipinski definition) is 0. The van der Waals surface area contributed by atoms with Gasteiger partial charge in [0, 0.05) is 7.05 Å². The molecule has 3 nitrogen and oxygen atoms in total. The fourth-order valence-electron chi connectivity index (χ4n) is 2.38. The van der Waals surface area contributed by atoms with Crippen molar-refractivity contribution in [2.75, 3.05) is 11.9 Å². The molecular formula is C13H15N3. The molecule has 0 radical (unpaired) electrons. The molecule has 3 rings (SSSR count). The van der Waals surface area contributed by atoms with Gasteiger partial charge in [0.1, 0.15) is 6.17 Å². The molecule has 2 heterocycles. The second-order valence-electron chi connectivity index (χ2n) is 4.38. The molecule has 1 unspecified atom stereocenters. The number of nitrogens with zero attached hydrogens (tertiary/aromatic N) is 3. The third kappa shape index (κ3) is 1.11. The molecule has 3 heteroatoms. The van der Waals surface area contributed by atoms with Gasteiger partial charge in [0.15, 0.2) is 5.84 Å². The van der Waals surface area contributed by atoms with Crippen molar-refractivity contribution in [2.45, 2.75) is 20.0 Å². The molecule has 0 aliphatic carbocycles. The van der Waals surface area contributed by atoms with Crippen LogP contribution in [0.1, 0.15) is 18.1 Å². The van der Waals surface area contributed by atoms with Gasteiger partial charge >= 0.3 is 0 Å². The summed E-state index contributed by atoms with van der Waals surface area (Å²) in [5.41, 5.74) is 3.87. The lowest BCUT2D eigenvalue weighted by atomic mass is 10.0. The van der Waals surface area contributed by atoms with E-state index in [1.165, 1.54) is 16.8 Å². The van der Waals surface area contributed by atoms with Crippen molar-refractivity contribution >= 4 is 17.6 Å². The molecule has 2 aliphatic rings. The molecule has 0 amide bonds. The van der Waals surface area contributed by atoms with Crippen LogP contribution in [0.15, 0.2) is 29.4 Å². The Morgan fingerprint density at radius 3 is 2.88 bits per heavy atom. The van der Waals surface area contributed by atoms with E-state index in [0.717, 1.165) is 5.84 Å². The number of para-hydroxylation sites is 1. The van der Waals surface area contributed by atoms with Crippen LogP contribution in [-0.4, -0.2) is 24.1 Å². The monoisotopic (exact) mass is 213 g/mol. The van der Waals surface area contributed by atoms with Gasteiger partial charge < -0.3 is 4.90 Å². The molecule has 2 aliphatic heterocycles. The molecule has 0 saturated heterocycles. The summed E-state index contributed by atoms with van der Waals surface area (Å²) in [6, 6.07) is 6.41. The van der Waals surface area contributed by atoms with Crippen LogP contribution in [0.5, 0.6) is 0 Å². The maximum Gasteiger partial charge on any atom is 0.154 e. The summed E-state index contributed by atoms with van der Waals surface area (Å²) in [6.45, 7) is 4.33. The molecule has 1 aromatic rings. The third-order valence-electron chi connectivity index (χ3n) is 3.34. The van der Waals surface area contributed by atoms with Crippen molar-refractivity contribution in [3.8, 4) is 0 Å². The Kier molecular flexibility index (Phi) is 1.84. The average molecular weight is 213 g/mol. The lowest BCUT2D eigenvalue weighted by Gasteiger charge is -2.31. The first-order valence-corrected chi connectivity index (χ1v) is 5.57. The highest BCUT2D eigenvalue weighted by atomic mass is 15.6. The van der Waals surface area contributed by atoms with Crippen molar-refractivity contribution in [2.24, 2.45) is 5.10 Å². The Hall–Kier alpha value is -1.77. The van der Waals surface area contributed by atoms with Crippen LogP contribution in [0.3, 0.4) is 0 Å². The first-order valence-electron chi connectivity index (χ1n) is 5.57. The van der Waals surface area contributed by atoms with Crippen molar-refractivity contribution < 1.29 is 0 Å². The highest BCUT2D eigenvalue weighted by Crippen LogP contribution is 2.34. The van der Waals surface area contributed by atoms with Gasteiger partial charge in [-0.3, -0.25) is 5.01 Å². The van der Waals surface area contributed by atoms with Crippen LogP contribution in [0.25, 0.3) is 6.08 Å². The Labute approximate surface area is 95.7 Å². The van der Waals surface area contributed by atoms with Gasteiger partial charge in [-0.2, -0.15) is 5.10 Å². The highest BCUT2D eigenvalue weighted by Gasteiger charge is 2.32. The SMILES string of the molecule is Cc1cccc2c1N1C(=NN(C)C1C)C=C2. The number of anilines is 1. The predicted octanol–water partition coefficient (Wildman–Crippen LogP) is 2.43. The number of benzene rings is 1. The van der Waals surface area contributed by atoms with Crippen LogP contribution in [0, 0.1) is 6.92 Å². The quantitative estimate of drug-likeness (QED) is 0.659. The Bertz CT molecular complexity index is 502. The van der Waals surface area contributed by atoms with E-state index in [4.69, 9.17) is 0 Å². The average Bonchev–Trinajstić information content (AvgIpc) is 2.56. The number of fused-ring (bicyclic) bond motifs is 3. The number of amidine groups is 1. The van der Waals surface area contributed by atoms with Crippen LogP contribution < -0.4 is 4.90 Å². The number of rotatable bonds is 0. The lowest BCUT2D eigenvalue weighted by Crippen LogP contribution is -2.39. The zero-order chi connectivity index (χ0) is 11.3. The summed E-state index contributed by atoms with van der Waals surface area (Å²) in [7, 11) is 2.02. The molecule has 82 valence electrons. The van der Waals surface area contributed by atoms with Gasteiger partial charge in [-0.1, -0.05) is 18.2 Å². The van der Waals surface area contributed by atoms with Gasteiger partial charge in [-0.15, -0.1) is 0 Å². The molecule has 0 spiro atoms. The van der Waals surface area contributed by atoms with E-state index in [9.17, 15) is 0 Å². The third-order valence-corrected chi connectivity index (χ3v) is 3.34. The normalized spacial score (nSPS) is 21.9. The van der Waals surface area contributed by atoms with E-state index in [-0.39, 0.29) is 0 Å². The topological polar surface area (TPSA) is 18.8 Å². The van der Waals surface area contributed by atoms with Crippen molar-refractivity contribution in [1.29, 1.82) is 0 Å². The van der Waals surface area contributed by atoms with Gasteiger partial charge in [-0.05, 0) is 37.1 Å². The summed E-state index contributed by atoms with van der Waals surface area (Å²) in [4.78, 5) is 2.30. The lowest BCUT2D eigenvalue weighted by molar-refractivity contribution is 0.304. The molecule has 16 heavy (non-hydrogen) atoms. The first kappa shape index (κ1) is 9.46.